The van der Waals surface area contributed by atoms with Crippen molar-refractivity contribution in [2.75, 3.05) is 19.8 Å². The van der Waals surface area contributed by atoms with E-state index in [0.717, 1.165) is 13.0 Å². The maximum Gasteiger partial charge on any atom is 0.323 e. The fraction of sp³-hybridized carbons (Fsp3) is 0.778. The van der Waals surface area contributed by atoms with Crippen molar-refractivity contribution in [1.29, 1.82) is 5.41 Å². The smallest absolute Gasteiger partial charge is 0.323 e. The Morgan fingerprint density at radius 3 is 3.07 bits per heavy atom. The summed E-state index contributed by atoms with van der Waals surface area (Å²) in [6, 6.07) is -0.232. The summed E-state index contributed by atoms with van der Waals surface area (Å²) in [6.45, 7) is 4.00. The highest BCUT2D eigenvalue weighted by Gasteiger charge is 2.41. The van der Waals surface area contributed by atoms with Gasteiger partial charge in [-0.2, -0.15) is 0 Å². The Balaban J connectivity index is 2.14. The molecule has 2 unspecified atom stereocenters. The van der Waals surface area contributed by atoms with Gasteiger partial charge in [-0.25, -0.2) is 4.79 Å². The fourth-order valence-electron chi connectivity index (χ4n) is 2.18. The summed E-state index contributed by atoms with van der Waals surface area (Å²) in [4.78, 5) is 13.1. The zero-order valence-corrected chi connectivity index (χ0v) is 8.25. The van der Waals surface area contributed by atoms with Crippen LogP contribution in [0.3, 0.4) is 0 Å². The predicted octanol–water partition coefficient (Wildman–Crippen LogP) is 0.414. The van der Waals surface area contributed by atoms with E-state index in [1.807, 2.05) is 6.92 Å². The Bertz CT molecular complexity index is 261. The summed E-state index contributed by atoms with van der Waals surface area (Å²) >= 11 is 0. The van der Waals surface area contributed by atoms with Gasteiger partial charge >= 0.3 is 6.03 Å². The molecule has 2 atom stereocenters. The van der Waals surface area contributed by atoms with Gasteiger partial charge in [-0.15, -0.1) is 0 Å². The predicted molar refractivity (Wildman–Crippen MR) is 51.4 cm³/mol. The molecule has 14 heavy (non-hydrogen) atoms. The van der Waals surface area contributed by atoms with Crippen LogP contribution in [-0.4, -0.2) is 42.6 Å². The number of hydrogen-bond donors (Lipinski definition) is 2. The van der Waals surface area contributed by atoms with Crippen molar-refractivity contribution in [2.45, 2.75) is 19.4 Å². The SMILES string of the molecule is CCN1C(=O)NC(=N)C1C1CCOC1. The van der Waals surface area contributed by atoms with E-state index in [1.165, 1.54) is 0 Å². The topological polar surface area (TPSA) is 65.4 Å². The van der Waals surface area contributed by atoms with Crippen molar-refractivity contribution in [3.8, 4) is 0 Å². The average molecular weight is 197 g/mol. The minimum Gasteiger partial charge on any atom is -0.381 e. The van der Waals surface area contributed by atoms with Crippen LogP contribution in [0.5, 0.6) is 0 Å². The van der Waals surface area contributed by atoms with Gasteiger partial charge in [-0.3, -0.25) is 10.7 Å². The Morgan fingerprint density at radius 2 is 2.50 bits per heavy atom. The average Bonchev–Trinajstić information content (AvgIpc) is 2.72. The van der Waals surface area contributed by atoms with E-state index in [4.69, 9.17) is 10.1 Å². The highest BCUT2D eigenvalue weighted by molar-refractivity contribution is 6.05. The van der Waals surface area contributed by atoms with E-state index < -0.39 is 0 Å². The molecule has 2 aliphatic heterocycles. The standard InChI is InChI=1S/C9H15N3O2/c1-2-12-7(6-3-4-14-5-6)8(10)11-9(12)13/h6-7H,2-5H2,1H3,(H2,10,11,13). The molecule has 5 heteroatoms. The van der Waals surface area contributed by atoms with Crippen LogP contribution in [0.25, 0.3) is 0 Å². The van der Waals surface area contributed by atoms with E-state index >= 15 is 0 Å². The molecule has 0 spiro atoms. The molecular formula is C9H15N3O2. The van der Waals surface area contributed by atoms with E-state index in [-0.39, 0.29) is 12.1 Å². The van der Waals surface area contributed by atoms with E-state index in [9.17, 15) is 4.79 Å². The van der Waals surface area contributed by atoms with Crippen LogP contribution in [-0.2, 0) is 4.74 Å². The van der Waals surface area contributed by atoms with Crippen LogP contribution >= 0.6 is 0 Å². The molecular weight excluding hydrogens is 182 g/mol. The first-order valence-electron chi connectivity index (χ1n) is 4.98. The summed E-state index contributed by atoms with van der Waals surface area (Å²) in [6.07, 6.45) is 0.943. The molecule has 0 aliphatic carbocycles. The Hall–Kier alpha value is -1.10. The lowest BCUT2D eigenvalue weighted by Gasteiger charge is -2.25. The summed E-state index contributed by atoms with van der Waals surface area (Å²) in [5, 5.41) is 10.3. The van der Waals surface area contributed by atoms with Gasteiger partial charge in [0, 0.05) is 19.1 Å². The minimum atomic E-state index is -0.144. The molecule has 0 bridgehead atoms. The second kappa shape index (κ2) is 3.57. The number of ether oxygens (including phenoxy) is 1. The molecule has 2 amide bonds. The van der Waals surface area contributed by atoms with Crippen LogP contribution in [0.15, 0.2) is 0 Å². The zero-order valence-electron chi connectivity index (χ0n) is 8.25. The van der Waals surface area contributed by atoms with E-state index in [1.54, 1.807) is 4.90 Å². The number of nitrogens with one attached hydrogen (secondary N) is 2. The van der Waals surface area contributed by atoms with Gasteiger partial charge < -0.3 is 9.64 Å². The normalized spacial score (nSPS) is 32.5. The van der Waals surface area contributed by atoms with Gasteiger partial charge in [0.15, 0.2) is 0 Å². The van der Waals surface area contributed by atoms with Gasteiger partial charge in [0.05, 0.1) is 12.6 Å². The first kappa shape index (κ1) is 9.45. The third kappa shape index (κ3) is 1.37. The Kier molecular flexibility index (Phi) is 2.41. The lowest BCUT2D eigenvalue weighted by molar-refractivity contribution is 0.163. The van der Waals surface area contributed by atoms with Crippen molar-refractivity contribution >= 4 is 11.9 Å². The lowest BCUT2D eigenvalue weighted by atomic mass is 9.98. The van der Waals surface area contributed by atoms with Gasteiger partial charge in [-0.1, -0.05) is 0 Å². The number of amides is 2. The van der Waals surface area contributed by atoms with Crippen molar-refractivity contribution in [1.82, 2.24) is 10.2 Å². The number of rotatable bonds is 2. The second-order valence-electron chi connectivity index (χ2n) is 3.70. The van der Waals surface area contributed by atoms with Crippen LogP contribution in [0.1, 0.15) is 13.3 Å². The summed E-state index contributed by atoms with van der Waals surface area (Å²) < 4.78 is 5.28. The zero-order chi connectivity index (χ0) is 10.1. The molecule has 0 saturated carbocycles. The largest absolute Gasteiger partial charge is 0.381 e. The summed E-state index contributed by atoms with van der Waals surface area (Å²) in [7, 11) is 0. The molecule has 2 saturated heterocycles. The summed E-state index contributed by atoms with van der Waals surface area (Å²) in [5.74, 6) is 0.619. The lowest BCUT2D eigenvalue weighted by Crippen LogP contribution is -2.40. The van der Waals surface area contributed by atoms with Crippen LogP contribution in [0.4, 0.5) is 4.79 Å². The molecule has 5 nitrogen and oxygen atoms in total. The highest BCUT2D eigenvalue weighted by Crippen LogP contribution is 2.24. The van der Waals surface area contributed by atoms with Crippen molar-refractivity contribution in [3.63, 3.8) is 0 Å². The molecule has 0 aromatic carbocycles. The summed E-state index contributed by atoms with van der Waals surface area (Å²) in [5.41, 5.74) is 0. The number of carbonyl (C=O) groups excluding carboxylic acids is 1. The van der Waals surface area contributed by atoms with Gasteiger partial charge in [0.25, 0.3) is 0 Å². The third-order valence-corrected chi connectivity index (χ3v) is 2.89. The molecule has 2 fully saturated rings. The quantitative estimate of drug-likeness (QED) is 0.673. The van der Waals surface area contributed by atoms with E-state index in [2.05, 4.69) is 5.32 Å². The molecule has 78 valence electrons. The van der Waals surface area contributed by atoms with Gasteiger partial charge in [0.1, 0.15) is 5.84 Å². The number of likely N-dealkylation sites (N-methyl/N-ethyl adjacent to an activating group) is 1. The number of amidine groups is 1. The van der Waals surface area contributed by atoms with Crippen LogP contribution in [0.2, 0.25) is 0 Å². The number of carbonyl (C=O) groups is 1. The first-order chi connectivity index (χ1) is 6.74. The molecule has 2 aliphatic rings. The molecule has 0 radical (unpaired) electrons. The molecule has 2 N–H and O–H groups in total. The third-order valence-electron chi connectivity index (χ3n) is 2.89. The first-order valence-corrected chi connectivity index (χ1v) is 4.98. The van der Waals surface area contributed by atoms with Crippen molar-refractivity contribution in [3.05, 3.63) is 0 Å². The molecule has 2 rings (SSSR count). The molecule has 2 heterocycles. The maximum absolute atomic E-state index is 11.4. The number of nitrogens with zero attached hydrogens (tertiary/aromatic N) is 1. The fourth-order valence-corrected chi connectivity index (χ4v) is 2.18. The molecule has 0 aromatic heterocycles. The van der Waals surface area contributed by atoms with Crippen LogP contribution in [0, 0.1) is 11.3 Å². The number of urea groups is 1. The minimum absolute atomic E-state index is 0.0880. The van der Waals surface area contributed by atoms with E-state index in [0.29, 0.717) is 24.9 Å². The second-order valence-corrected chi connectivity index (χ2v) is 3.70. The Labute approximate surface area is 82.9 Å². The van der Waals surface area contributed by atoms with Gasteiger partial charge in [0.2, 0.25) is 0 Å². The van der Waals surface area contributed by atoms with Crippen LogP contribution < -0.4 is 5.32 Å². The monoisotopic (exact) mass is 197 g/mol. The number of hydrogen-bond acceptors (Lipinski definition) is 3. The van der Waals surface area contributed by atoms with Crippen molar-refractivity contribution < 1.29 is 9.53 Å². The highest BCUT2D eigenvalue weighted by atomic mass is 16.5. The Morgan fingerprint density at radius 1 is 1.71 bits per heavy atom. The van der Waals surface area contributed by atoms with Crippen molar-refractivity contribution in [2.24, 2.45) is 5.92 Å². The maximum atomic E-state index is 11.4. The van der Waals surface area contributed by atoms with Gasteiger partial charge in [-0.05, 0) is 13.3 Å². The molecule has 0 aromatic rings.